The third-order valence-corrected chi connectivity index (χ3v) is 3.53. The molecular weight excluding hydrogens is 301 g/mol. The summed E-state index contributed by atoms with van der Waals surface area (Å²) in [6.07, 6.45) is -4.12. The molecule has 1 unspecified atom stereocenters. The second-order valence-electron chi connectivity index (χ2n) is 4.75. The van der Waals surface area contributed by atoms with Gasteiger partial charge in [0.05, 0.1) is 16.3 Å². The fourth-order valence-electron chi connectivity index (χ4n) is 2.12. The van der Waals surface area contributed by atoms with Crippen LogP contribution in [0.25, 0.3) is 0 Å². The zero-order valence-electron chi connectivity index (χ0n) is 11.0. The van der Waals surface area contributed by atoms with Gasteiger partial charge in [0.25, 0.3) is 0 Å². The molecule has 1 atom stereocenters. The highest BCUT2D eigenvalue weighted by molar-refractivity contribution is 6.33. The normalized spacial score (nSPS) is 13.2. The van der Waals surface area contributed by atoms with Gasteiger partial charge >= 0.3 is 6.18 Å². The van der Waals surface area contributed by atoms with Gasteiger partial charge < -0.3 is 11.5 Å². The summed E-state index contributed by atoms with van der Waals surface area (Å²) in [4.78, 5) is 0. The third kappa shape index (κ3) is 3.68. The summed E-state index contributed by atoms with van der Waals surface area (Å²) in [5.41, 5.74) is 12.7. The molecule has 0 amide bonds. The van der Waals surface area contributed by atoms with Crippen molar-refractivity contribution in [3.63, 3.8) is 0 Å². The van der Waals surface area contributed by atoms with E-state index in [-0.39, 0.29) is 6.42 Å². The molecule has 0 saturated carbocycles. The molecular formula is C15H14ClF3N2. The molecule has 112 valence electrons. The molecule has 0 saturated heterocycles. The minimum Gasteiger partial charge on any atom is -0.397 e. The molecule has 0 heterocycles. The largest absolute Gasteiger partial charge is 0.416 e. The van der Waals surface area contributed by atoms with Crippen molar-refractivity contribution in [3.8, 4) is 0 Å². The molecule has 2 nitrogen and oxygen atoms in total. The summed E-state index contributed by atoms with van der Waals surface area (Å²) >= 11 is 5.92. The minimum atomic E-state index is -4.37. The first-order valence-electron chi connectivity index (χ1n) is 6.24. The maximum absolute atomic E-state index is 12.7. The van der Waals surface area contributed by atoms with Crippen LogP contribution in [-0.2, 0) is 12.6 Å². The van der Waals surface area contributed by atoms with Crippen LogP contribution >= 0.6 is 11.6 Å². The van der Waals surface area contributed by atoms with Gasteiger partial charge in [-0.3, -0.25) is 0 Å². The third-order valence-electron chi connectivity index (χ3n) is 3.20. The van der Waals surface area contributed by atoms with Gasteiger partial charge in [0, 0.05) is 6.04 Å². The average molecular weight is 315 g/mol. The number of hydrogen-bond acceptors (Lipinski definition) is 2. The zero-order chi connectivity index (χ0) is 15.6. The molecule has 0 aromatic heterocycles. The van der Waals surface area contributed by atoms with E-state index in [0.29, 0.717) is 21.8 Å². The lowest BCUT2D eigenvalue weighted by molar-refractivity contribution is -0.137. The number of rotatable bonds is 3. The fraction of sp³-hybridized carbons (Fsp3) is 0.200. The topological polar surface area (TPSA) is 52.0 Å². The average Bonchev–Trinajstić information content (AvgIpc) is 2.41. The predicted octanol–water partition coefficient (Wildman–Crippen LogP) is 4.18. The Balaban J connectivity index is 2.24. The van der Waals surface area contributed by atoms with Crippen LogP contribution in [0.15, 0.2) is 42.5 Å². The van der Waals surface area contributed by atoms with Gasteiger partial charge in [-0.1, -0.05) is 41.9 Å². The Bertz CT molecular complexity index is 641. The van der Waals surface area contributed by atoms with Crippen molar-refractivity contribution in [2.75, 3.05) is 5.73 Å². The Morgan fingerprint density at radius 1 is 1.10 bits per heavy atom. The van der Waals surface area contributed by atoms with Gasteiger partial charge in [0.2, 0.25) is 0 Å². The van der Waals surface area contributed by atoms with Gasteiger partial charge in [-0.2, -0.15) is 13.2 Å². The van der Waals surface area contributed by atoms with E-state index in [0.717, 1.165) is 12.1 Å². The minimum absolute atomic E-state index is 0.245. The number of hydrogen-bond donors (Lipinski definition) is 2. The summed E-state index contributed by atoms with van der Waals surface area (Å²) in [7, 11) is 0. The smallest absolute Gasteiger partial charge is 0.397 e. The Kier molecular flexibility index (Phi) is 4.44. The number of para-hydroxylation sites is 1. The van der Waals surface area contributed by atoms with Crippen LogP contribution in [-0.4, -0.2) is 0 Å². The van der Waals surface area contributed by atoms with E-state index >= 15 is 0 Å². The highest BCUT2D eigenvalue weighted by Crippen LogP contribution is 2.31. The Morgan fingerprint density at radius 2 is 1.76 bits per heavy atom. The molecule has 2 aromatic rings. The Labute approximate surface area is 125 Å². The number of alkyl halides is 3. The van der Waals surface area contributed by atoms with Crippen molar-refractivity contribution in [2.45, 2.75) is 18.6 Å². The second kappa shape index (κ2) is 5.95. The SMILES string of the molecule is Nc1c(Cl)cccc1C(N)Cc1cccc(C(F)(F)F)c1. The van der Waals surface area contributed by atoms with E-state index in [9.17, 15) is 13.2 Å². The van der Waals surface area contributed by atoms with E-state index < -0.39 is 17.8 Å². The maximum Gasteiger partial charge on any atom is 0.416 e. The van der Waals surface area contributed by atoms with Gasteiger partial charge in [-0.25, -0.2) is 0 Å². The number of halogens is 4. The summed E-state index contributed by atoms with van der Waals surface area (Å²) in [6, 6.07) is 9.65. The van der Waals surface area contributed by atoms with Gasteiger partial charge in [-0.05, 0) is 29.7 Å². The van der Waals surface area contributed by atoms with E-state index in [1.54, 1.807) is 24.3 Å². The maximum atomic E-state index is 12.7. The van der Waals surface area contributed by atoms with Crippen LogP contribution in [0.5, 0.6) is 0 Å². The first-order valence-corrected chi connectivity index (χ1v) is 6.62. The lowest BCUT2D eigenvalue weighted by Crippen LogP contribution is -2.16. The highest BCUT2D eigenvalue weighted by Gasteiger charge is 2.30. The number of benzene rings is 2. The van der Waals surface area contributed by atoms with Crippen molar-refractivity contribution in [1.82, 2.24) is 0 Å². The van der Waals surface area contributed by atoms with E-state index in [1.165, 1.54) is 6.07 Å². The monoisotopic (exact) mass is 314 g/mol. The fourth-order valence-corrected chi connectivity index (χ4v) is 2.30. The van der Waals surface area contributed by atoms with Crippen LogP contribution in [0.1, 0.15) is 22.7 Å². The van der Waals surface area contributed by atoms with Crippen molar-refractivity contribution in [2.24, 2.45) is 5.73 Å². The summed E-state index contributed by atoms with van der Waals surface area (Å²) in [5, 5.41) is 0.381. The van der Waals surface area contributed by atoms with Crippen molar-refractivity contribution < 1.29 is 13.2 Å². The summed E-state index contributed by atoms with van der Waals surface area (Å²) in [5.74, 6) is 0. The number of nitrogen functional groups attached to an aromatic ring is 1. The molecule has 2 aromatic carbocycles. The molecule has 0 spiro atoms. The lowest BCUT2D eigenvalue weighted by Gasteiger charge is -2.16. The molecule has 6 heteroatoms. The molecule has 4 N–H and O–H groups in total. The number of anilines is 1. The molecule has 0 bridgehead atoms. The van der Waals surface area contributed by atoms with E-state index in [4.69, 9.17) is 23.1 Å². The molecule has 2 rings (SSSR count). The second-order valence-corrected chi connectivity index (χ2v) is 5.16. The Hall–Kier alpha value is -1.72. The predicted molar refractivity (Wildman–Crippen MR) is 77.9 cm³/mol. The standard InChI is InChI=1S/C15H14ClF3N2/c16-12-6-2-5-11(14(12)21)13(20)8-9-3-1-4-10(7-9)15(17,18)19/h1-7,13H,8,20-21H2. The van der Waals surface area contributed by atoms with Gasteiger partial charge in [0.1, 0.15) is 0 Å². The lowest BCUT2D eigenvalue weighted by atomic mass is 9.97. The first kappa shape index (κ1) is 15.7. The molecule has 0 aliphatic rings. The Morgan fingerprint density at radius 3 is 2.43 bits per heavy atom. The van der Waals surface area contributed by atoms with Crippen LogP contribution in [0.3, 0.4) is 0 Å². The summed E-state index contributed by atoms with van der Waals surface area (Å²) in [6.45, 7) is 0. The number of nitrogens with two attached hydrogens (primary N) is 2. The quantitative estimate of drug-likeness (QED) is 0.835. The van der Waals surface area contributed by atoms with Crippen LogP contribution in [0.4, 0.5) is 18.9 Å². The summed E-state index contributed by atoms with van der Waals surface area (Å²) < 4.78 is 38.0. The molecule has 21 heavy (non-hydrogen) atoms. The van der Waals surface area contributed by atoms with Crippen LogP contribution in [0, 0.1) is 0 Å². The van der Waals surface area contributed by atoms with Crippen LogP contribution < -0.4 is 11.5 Å². The van der Waals surface area contributed by atoms with E-state index in [1.807, 2.05) is 0 Å². The van der Waals surface area contributed by atoms with E-state index in [2.05, 4.69) is 0 Å². The van der Waals surface area contributed by atoms with Crippen LogP contribution in [0.2, 0.25) is 5.02 Å². The van der Waals surface area contributed by atoms with Gasteiger partial charge in [-0.15, -0.1) is 0 Å². The van der Waals surface area contributed by atoms with Crippen molar-refractivity contribution >= 4 is 17.3 Å². The van der Waals surface area contributed by atoms with Crippen molar-refractivity contribution in [1.29, 1.82) is 0 Å². The molecule has 0 radical (unpaired) electrons. The first-order chi connectivity index (χ1) is 9.79. The van der Waals surface area contributed by atoms with Crippen molar-refractivity contribution in [3.05, 3.63) is 64.2 Å². The zero-order valence-corrected chi connectivity index (χ0v) is 11.7. The molecule has 0 aliphatic carbocycles. The molecule has 0 aliphatic heterocycles. The molecule has 0 fully saturated rings. The highest BCUT2D eigenvalue weighted by atomic mass is 35.5. The van der Waals surface area contributed by atoms with Gasteiger partial charge in [0.15, 0.2) is 0 Å².